The zero-order valence-corrected chi connectivity index (χ0v) is 11.1. The summed E-state index contributed by atoms with van der Waals surface area (Å²) in [6.45, 7) is 3.42. The Morgan fingerprint density at radius 2 is 1.95 bits per heavy atom. The van der Waals surface area contributed by atoms with E-state index in [1.165, 1.54) is 6.07 Å². The summed E-state index contributed by atoms with van der Waals surface area (Å²) < 4.78 is 13.3. The molecule has 1 aromatic carbocycles. The molecule has 1 aromatic rings. The number of rotatable bonds is 6. The summed E-state index contributed by atoms with van der Waals surface area (Å²) in [5.74, 6) is -1.66. The minimum absolute atomic E-state index is 0.238. The van der Waals surface area contributed by atoms with E-state index >= 15 is 0 Å². The van der Waals surface area contributed by atoms with Gasteiger partial charge in [0.2, 0.25) is 5.91 Å². The Balaban J connectivity index is 2.47. The van der Waals surface area contributed by atoms with Crippen LogP contribution in [0.1, 0.15) is 25.8 Å². The number of halogens is 1. The summed E-state index contributed by atoms with van der Waals surface area (Å²) in [5, 5.41) is 11.3. The van der Waals surface area contributed by atoms with Crippen LogP contribution in [0.25, 0.3) is 0 Å². The van der Waals surface area contributed by atoms with E-state index in [4.69, 9.17) is 5.11 Å². The normalized spacial score (nSPS) is 11.1. The lowest BCUT2D eigenvalue weighted by Crippen LogP contribution is -2.39. The molecule has 0 saturated heterocycles. The van der Waals surface area contributed by atoms with Crippen LogP contribution in [0.5, 0.6) is 0 Å². The molecular weight excluding hydrogens is 249 g/mol. The highest BCUT2D eigenvalue weighted by Crippen LogP contribution is 2.20. The predicted octanol–water partition coefficient (Wildman–Crippen LogP) is 1.99. The van der Waals surface area contributed by atoms with Crippen molar-refractivity contribution in [1.82, 2.24) is 5.32 Å². The molecule has 1 rings (SSSR count). The number of benzene rings is 1. The van der Waals surface area contributed by atoms with Crippen molar-refractivity contribution in [2.45, 2.75) is 26.7 Å². The Hall–Kier alpha value is -1.91. The summed E-state index contributed by atoms with van der Waals surface area (Å²) in [5.41, 5.74) is -0.444. The van der Waals surface area contributed by atoms with Gasteiger partial charge in [-0.3, -0.25) is 9.59 Å². The number of carboxylic acid groups (broad SMARTS) is 1. The average Bonchev–Trinajstić information content (AvgIpc) is 2.29. The van der Waals surface area contributed by atoms with Crippen molar-refractivity contribution in [2.24, 2.45) is 5.41 Å². The third kappa shape index (κ3) is 4.69. The van der Waals surface area contributed by atoms with Gasteiger partial charge < -0.3 is 10.4 Å². The van der Waals surface area contributed by atoms with Gasteiger partial charge in [0, 0.05) is 6.54 Å². The molecule has 0 spiro atoms. The molecule has 0 fully saturated rings. The molecule has 0 aromatic heterocycles. The van der Waals surface area contributed by atoms with E-state index in [0.717, 1.165) is 0 Å². The van der Waals surface area contributed by atoms with E-state index in [9.17, 15) is 14.0 Å². The van der Waals surface area contributed by atoms with Crippen molar-refractivity contribution in [3.05, 3.63) is 35.6 Å². The number of hydrogen-bond acceptors (Lipinski definition) is 2. The molecule has 19 heavy (non-hydrogen) atoms. The number of carbonyl (C=O) groups is 2. The maximum Gasteiger partial charge on any atom is 0.304 e. The lowest BCUT2D eigenvalue weighted by atomic mass is 9.88. The van der Waals surface area contributed by atoms with Crippen LogP contribution in [0, 0.1) is 11.2 Å². The van der Waals surface area contributed by atoms with Crippen molar-refractivity contribution >= 4 is 11.9 Å². The third-order valence-corrected chi connectivity index (χ3v) is 2.85. The number of aliphatic carboxylic acids is 1. The highest BCUT2D eigenvalue weighted by atomic mass is 19.1. The van der Waals surface area contributed by atoms with Crippen molar-refractivity contribution in [1.29, 1.82) is 0 Å². The zero-order chi connectivity index (χ0) is 14.5. The van der Waals surface area contributed by atoms with Crippen LogP contribution in [-0.4, -0.2) is 23.5 Å². The van der Waals surface area contributed by atoms with Gasteiger partial charge in [-0.05, 0) is 18.1 Å². The SMILES string of the molecule is CC(C)(CC(=O)O)C(=O)NCCc1ccccc1F. The van der Waals surface area contributed by atoms with Crippen molar-refractivity contribution < 1.29 is 19.1 Å². The number of amides is 1. The van der Waals surface area contributed by atoms with Gasteiger partial charge in [-0.25, -0.2) is 4.39 Å². The summed E-state index contributed by atoms with van der Waals surface area (Å²) >= 11 is 0. The van der Waals surface area contributed by atoms with Crippen LogP contribution in [0.4, 0.5) is 4.39 Å². The van der Waals surface area contributed by atoms with E-state index in [-0.39, 0.29) is 24.7 Å². The molecule has 0 unspecified atom stereocenters. The minimum atomic E-state index is -1.02. The van der Waals surface area contributed by atoms with Gasteiger partial charge in [-0.15, -0.1) is 0 Å². The van der Waals surface area contributed by atoms with Gasteiger partial charge >= 0.3 is 5.97 Å². The van der Waals surface area contributed by atoms with Gasteiger partial charge in [0.1, 0.15) is 5.82 Å². The molecule has 0 saturated carbocycles. The molecule has 0 radical (unpaired) electrons. The number of carboxylic acids is 1. The van der Waals surface area contributed by atoms with Crippen LogP contribution >= 0.6 is 0 Å². The fraction of sp³-hybridized carbons (Fsp3) is 0.429. The van der Waals surface area contributed by atoms with Crippen LogP contribution in [0.2, 0.25) is 0 Å². The molecule has 5 heteroatoms. The molecule has 0 aliphatic carbocycles. The highest BCUT2D eigenvalue weighted by molar-refractivity contribution is 5.86. The maximum absolute atomic E-state index is 13.3. The monoisotopic (exact) mass is 267 g/mol. The van der Waals surface area contributed by atoms with Crippen LogP contribution in [-0.2, 0) is 16.0 Å². The fourth-order valence-electron chi connectivity index (χ4n) is 1.71. The first-order chi connectivity index (χ1) is 8.83. The predicted molar refractivity (Wildman–Crippen MR) is 69.1 cm³/mol. The van der Waals surface area contributed by atoms with E-state index in [0.29, 0.717) is 12.0 Å². The topological polar surface area (TPSA) is 66.4 Å². The Morgan fingerprint density at radius 3 is 2.53 bits per heavy atom. The molecular formula is C14H18FNO3. The molecule has 0 aliphatic rings. The van der Waals surface area contributed by atoms with E-state index in [2.05, 4.69) is 5.32 Å². The first-order valence-electron chi connectivity index (χ1n) is 6.06. The standard InChI is InChI=1S/C14H18FNO3/c1-14(2,9-12(17)18)13(19)16-8-7-10-5-3-4-6-11(10)15/h3-6H,7-9H2,1-2H3,(H,16,19)(H,17,18). The number of hydrogen-bond donors (Lipinski definition) is 2. The Morgan fingerprint density at radius 1 is 1.32 bits per heavy atom. The molecule has 0 aliphatic heterocycles. The second-order valence-electron chi connectivity index (χ2n) is 5.05. The summed E-state index contributed by atoms with van der Waals surface area (Å²) in [6.07, 6.45) is 0.139. The maximum atomic E-state index is 13.3. The van der Waals surface area contributed by atoms with E-state index in [1.54, 1.807) is 32.0 Å². The van der Waals surface area contributed by atoms with Gasteiger partial charge in [-0.2, -0.15) is 0 Å². The smallest absolute Gasteiger partial charge is 0.304 e. The Bertz CT molecular complexity index is 472. The second-order valence-corrected chi connectivity index (χ2v) is 5.05. The van der Waals surface area contributed by atoms with Crippen LogP contribution in [0.3, 0.4) is 0 Å². The lowest BCUT2D eigenvalue weighted by Gasteiger charge is -2.21. The number of nitrogens with one attached hydrogen (secondary N) is 1. The van der Waals surface area contributed by atoms with Crippen LogP contribution < -0.4 is 5.32 Å². The molecule has 0 heterocycles. The van der Waals surface area contributed by atoms with Gasteiger partial charge in [0.05, 0.1) is 11.8 Å². The van der Waals surface area contributed by atoms with E-state index in [1.807, 2.05) is 0 Å². The second kappa shape index (κ2) is 6.31. The largest absolute Gasteiger partial charge is 0.481 e. The van der Waals surface area contributed by atoms with Gasteiger partial charge in [-0.1, -0.05) is 32.0 Å². The Labute approximate surface area is 111 Å². The third-order valence-electron chi connectivity index (χ3n) is 2.85. The molecule has 0 atom stereocenters. The summed E-state index contributed by atoms with van der Waals surface area (Å²) in [4.78, 5) is 22.4. The highest BCUT2D eigenvalue weighted by Gasteiger charge is 2.30. The molecule has 0 bridgehead atoms. The molecule has 104 valence electrons. The molecule has 2 N–H and O–H groups in total. The van der Waals surface area contributed by atoms with E-state index < -0.39 is 11.4 Å². The zero-order valence-electron chi connectivity index (χ0n) is 11.1. The summed E-state index contributed by atoms with van der Waals surface area (Å²) in [7, 11) is 0. The lowest BCUT2D eigenvalue weighted by molar-refractivity contribution is -0.144. The van der Waals surface area contributed by atoms with Crippen molar-refractivity contribution in [3.63, 3.8) is 0 Å². The fourth-order valence-corrected chi connectivity index (χ4v) is 1.71. The first kappa shape index (κ1) is 15.1. The first-order valence-corrected chi connectivity index (χ1v) is 6.06. The van der Waals surface area contributed by atoms with Gasteiger partial charge in [0.25, 0.3) is 0 Å². The quantitative estimate of drug-likeness (QED) is 0.828. The van der Waals surface area contributed by atoms with Crippen molar-refractivity contribution in [3.8, 4) is 0 Å². The van der Waals surface area contributed by atoms with Crippen LogP contribution in [0.15, 0.2) is 24.3 Å². The molecule has 1 amide bonds. The summed E-state index contributed by atoms with van der Waals surface area (Å²) in [6, 6.07) is 6.36. The average molecular weight is 267 g/mol. The van der Waals surface area contributed by atoms with Gasteiger partial charge in [0.15, 0.2) is 0 Å². The van der Waals surface area contributed by atoms with Crippen molar-refractivity contribution in [2.75, 3.05) is 6.54 Å². The molecule has 4 nitrogen and oxygen atoms in total. The minimum Gasteiger partial charge on any atom is -0.481 e. The Kier molecular flexibility index (Phi) is 5.03. The number of carbonyl (C=O) groups excluding carboxylic acids is 1.